The lowest BCUT2D eigenvalue weighted by Crippen LogP contribution is -2.45. The molecule has 0 aromatic heterocycles. The molecule has 1 saturated heterocycles. The van der Waals surface area contributed by atoms with Crippen LogP contribution in [0.2, 0.25) is 0 Å². The molecule has 0 radical (unpaired) electrons. The summed E-state index contributed by atoms with van der Waals surface area (Å²) in [4.78, 5) is 2.30. The Balaban J connectivity index is 1.91. The van der Waals surface area contributed by atoms with E-state index in [1.807, 2.05) is 6.26 Å². The Morgan fingerprint density at radius 3 is 2.78 bits per heavy atom. The van der Waals surface area contributed by atoms with Crippen LogP contribution in [-0.2, 0) is 4.18 Å². The Hall–Kier alpha value is 0.270. The third kappa shape index (κ3) is 2.16. The van der Waals surface area contributed by atoms with Crippen molar-refractivity contribution in [3.63, 3.8) is 0 Å². The van der Waals surface area contributed by atoms with Crippen LogP contribution in [0, 0.1) is 5.92 Å². The van der Waals surface area contributed by atoms with Crippen molar-refractivity contribution in [1.29, 1.82) is 0 Å². The molecule has 0 N–H and O–H groups in total. The first-order valence-electron chi connectivity index (χ1n) is 3.17. The van der Waals surface area contributed by atoms with Crippen molar-refractivity contribution in [3.05, 3.63) is 0 Å². The summed E-state index contributed by atoms with van der Waals surface area (Å²) in [6.07, 6.45) is 1.96. The van der Waals surface area contributed by atoms with Crippen molar-refractivity contribution in [3.8, 4) is 0 Å². The predicted octanol–water partition coefficient (Wildman–Crippen LogP) is 0.843. The topological polar surface area (TPSA) is 12.5 Å². The third-order valence-electron chi connectivity index (χ3n) is 1.56. The molecule has 0 aliphatic carbocycles. The van der Waals surface area contributed by atoms with Crippen molar-refractivity contribution in [2.24, 2.45) is 5.92 Å². The molecule has 1 aliphatic heterocycles. The molecule has 54 valence electrons. The minimum Gasteiger partial charge on any atom is -0.315 e. The van der Waals surface area contributed by atoms with Gasteiger partial charge in [-0.1, -0.05) is 0 Å². The zero-order chi connectivity index (χ0) is 6.69. The van der Waals surface area contributed by atoms with Crippen LogP contribution in [0.3, 0.4) is 0 Å². The van der Waals surface area contributed by atoms with Gasteiger partial charge in [-0.15, -0.1) is 0 Å². The van der Waals surface area contributed by atoms with Gasteiger partial charge in [-0.25, -0.2) is 0 Å². The third-order valence-corrected chi connectivity index (χ3v) is 1.93. The highest BCUT2D eigenvalue weighted by molar-refractivity contribution is 7.93. The SMILES string of the molecule is CSOCC1CN(C)C1. The molecule has 0 unspecified atom stereocenters. The molecular weight excluding hydrogens is 134 g/mol. The monoisotopic (exact) mass is 147 g/mol. The summed E-state index contributed by atoms with van der Waals surface area (Å²) in [5, 5.41) is 0. The van der Waals surface area contributed by atoms with E-state index in [1.54, 1.807) is 0 Å². The molecule has 1 aliphatic rings. The molecule has 9 heavy (non-hydrogen) atoms. The summed E-state index contributed by atoms with van der Waals surface area (Å²) in [6.45, 7) is 3.34. The van der Waals surface area contributed by atoms with Crippen LogP contribution in [0.15, 0.2) is 0 Å². The smallest absolute Gasteiger partial charge is 0.0666 e. The summed E-state index contributed by atoms with van der Waals surface area (Å²) >= 11 is 1.46. The Bertz CT molecular complexity index is 83.1. The Labute approximate surface area is 60.8 Å². The fraction of sp³-hybridized carbons (Fsp3) is 1.00. The second-order valence-electron chi connectivity index (χ2n) is 2.54. The first-order valence-corrected chi connectivity index (χ1v) is 4.32. The molecular formula is C6H13NOS. The van der Waals surface area contributed by atoms with E-state index in [9.17, 15) is 0 Å². The maximum Gasteiger partial charge on any atom is 0.0666 e. The van der Waals surface area contributed by atoms with Crippen molar-refractivity contribution in [2.75, 3.05) is 33.0 Å². The molecule has 0 atom stereocenters. The van der Waals surface area contributed by atoms with E-state index in [4.69, 9.17) is 4.18 Å². The van der Waals surface area contributed by atoms with Crippen molar-refractivity contribution in [1.82, 2.24) is 4.90 Å². The minimum atomic E-state index is 0.794. The highest BCUT2D eigenvalue weighted by atomic mass is 32.2. The lowest BCUT2D eigenvalue weighted by atomic mass is 10.0. The largest absolute Gasteiger partial charge is 0.315 e. The van der Waals surface area contributed by atoms with Crippen LogP contribution in [0.1, 0.15) is 0 Å². The lowest BCUT2D eigenvalue weighted by molar-refractivity contribution is 0.0943. The highest BCUT2D eigenvalue weighted by Gasteiger charge is 2.22. The molecule has 3 heteroatoms. The van der Waals surface area contributed by atoms with Crippen LogP contribution in [0.25, 0.3) is 0 Å². The molecule has 0 amide bonds. The number of hydrogen-bond donors (Lipinski definition) is 0. The van der Waals surface area contributed by atoms with Gasteiger partial charge in [0, 0.05) is 25.3 Å². The summed E-state index contributed by atoms with van der Waals surface area (Å²) in [5.74, 6) is 0.794. The van der Waals surface area contributed by atoms with Gasteiger partial charge >= 0.3 is 0 Å². The molecule has 0 saturated carbocycles. The van der Waals surface area contributed by atoms with E-state index in [0.717, 1.165) is 12.5 Å². The normalized spacial score (nSPS) is 22.0. The molecule has 0 aromatic rings. The number of likely N-dealkylation sites (tertiary alicyclic amines) is 1. The molecule has 2 nitrogen and oxygen atoms in total. The van der Waals surface area contributed by atoms with Crippen LogP contribution in [0.4, 0.5) is 0 Å². The Morgan fingerprint density at radius 2 is 2.33 bits per heavy atom. The van der Waals surface area contributed by atoms with Crippen molar-refractivity contribution < 1.29 is 4.18 Å². The van der Waals surface area contributed by atoms with Gasteiger partial charge in [-0.3, -0.25) is 0 Å². The lowest BCUT2D eigenvalue weighted by Gasteiger charge is -2.35. The summed E-state index contributed by atoms with van der Waals surface area (Å²) in [6, 6.07) is 0. The second-order valence-corrected chi connectivity index (χ2v) is 3.11. The van der Waals surface area contributed by atoms with Crippen molar-refractivity contribution >= 4 is 12.0 Å². The van der Waals surface area contributed by atoms with E-state index in [1.165, 1.54) is 25.1 Å². The van der Waals surface area contributed by atoms with Gasteiger partial charge in [0.15, 0.2) is 0 Å². The summed E-state index contributed by atoms with van der Waals surface area (Å²) in [5.41, 5.74) is 0. The number of nitrogens with zero attached hydrogens (tertiary/aromatic N) is 1. The van der Waals surface area contributed by atoms with Crippen LogP contribution in [0.5, 0.6) is 0 Å². The van der Waals surface area contributed by atoms with E-state index >= 15 is 0 Å². The summed E-state index contributed by atoms with van der Waals surface area (Å²) < 4.78 is 5.18. The zero-order valence-corrected chi connectivity index (χ0v) is 6.78. The molecule has 0 bridgehead atoms. The van der Waals surface area contributed by atoms with Crippen LogP contribution in [-0.4, -0.2) is 37.9 Å². The molecule has 1 rings (SSSR count). The average molecular weight is 147 g/mol. The zero-order valence-electron chi connectivity index (χ0n) is 5.96. The van der Waals surface area contributed by atoms with Gasteiger partial charge in [0.2, 0.25) is 0 Å². The molecule has 0 spiro atoms. The quantitative estimate of drug-likeness (QED) is 0.549. The summed E-state index contributed by atoms with van der Waals surface area (Å²) in [7, 11) is 2.13. The average Bonchev–Trinajstić information content (AvgIpc) is 1.78. The number of hydrogen-bond acceptors (Lipinski definition) is 3. The standard InChI is InChI=1S/C6H13NOS/c1-7-3-6(4-7)5-8-9-2/h6H,3-5H2,1-2H3. The van der Waals surface area contributed by atoms with Gasteiger partial charge < -0.3 is 9.08 Å². The van der Waals surface area contributed by atoms with E-state index in [0.29, 0.717) is 0 Å². The van der Waals surface area contributed by atoms with Gasteiger partial charge in [-0.2, -0.15) is 0 Å². The second kappa shape index (κ2) is 3.44. The minimum absolute atomic E-state index is 0.794. The van der Waals surface area contributed by atoms with E-state index < -0.39 is 0 Å². The predicted molar refractivity (Wildman–Crippen MR) is 40.5 cm³/mol. The fourth-order valence-corrected chi connectivity index (χ4v) is 1.43. The van der Waals surface area contributed by atoms with Crippen LogP contribution < -0.4 is 0 Å². The molecule has 1 heterocycles. The molecule has 1 fully saturated rings. The highest BCUT2D eigenvalue weighted by Crippen LogP contribution is 2.14. The van der Waals surface area contributed by atoms with Gasteiger partial charge in [0.1, 0.15) is 0 Å². The van der Waals surface area contributed by atoms with Gasteiger partial charge in [0.25, 0.3) is 0 Å². The Morgan fingerprint density at radius 1 is 1.67 bits per heavy atom. The van der Waals surface area contributed by atoms with E-state index in [-0.39, 0.29) is 0 Å². The Kier molecular flexibility index (Phi) is 2.82. The van der Waals surface area contributed by atoms with E-state index in [2.05, 4.69) is 11.9 Å². The number of rotatable bonds is 3. The van der Waals surface area contributed by atoms with Crippen molar-refractivity contribution in [2.45, 2.75) is 0 Å². The maximum atomic E-state index is 5.18. The van der Waals surface area contributed by atoms with Gasteiger partial charge in [0.05, 0.1) is 6.61 Å². The first-order chi connectivity index (χ1) is 4.33. The fourth-order valence-electron chi connectivity index (χ4n) is 1.10. The van der Waals surface area contributed by atoms with Crippen LogP contribution >= 0.6 is 12.0 Å². The molecule has 0 aromatic carbocycles. The maximum absolute atomic E-state index is 5.18. The van der Waals surface area contributed by atoms with Gasteiger partial charge in [-0.05, 0) is 19.1 Å². The first kappa shape index (κ1) is 7.38.